The molecule has 0 radical (unpaired) electrons. The first-order chi connectivity index (χ1) is 13.1. The van der Waals surface area contributed by atoms with Crippen LogP contribution in [-0.2, 0) is 11.3 Å². The minimum Gasteiger partial charge on any atom is -0.340 e. The fourth-order valence-electron chi connectivity index (χ4n) is 3.69. The van der Waals surface area contributed by atoms with Crippen LogP contribution in [0.25, 0.3) is 10.6 Å². The third-order valence-electron chi connectivity index (χ3n) is 5.82. The molecule has 5 nitrogen and oxygen atoms in total. The van der Waals surface area contributed by atoms with E-state index in [-0.39, 0.29) is 11.3 Å². The molecule has 1 aliphatic heterocycles. The smallest absolute Gasteiger partial charge is 0.230 e. The van der Waals surface area contributed by atoms with E-state index in [0.29, 0.717) is 6.54 Å². The van der Waals surface area contributed by atoms with Crippen LogP contribution in [0.1, 0.15) is 32.4 Å². The highest BCUT2D eigenvalue weighted by molar-refractivity contribution is 7.13. The SMILES string of the molecule is CCC(CC)(CN)C(=O)N1CCN(Cc2csc(-c3ccccc3)n2)CC1. The second-order valence-corrected chi connectivity index (χ2v) is 8.13. The first-order valence-corrected chi connectivity index (χ1v) is 10.7. The van der Waals surface area contributed by atoms with Crippen molar-refractivity contribution in [3.05, 3.63) is 41.4 Å². The summed E-state index contributed by atoms with van der Waals surface area (Å²) in [6.07, 6.45) is 1.61. The zero-order chi connectivity index (χ0) is 19.3. The number of thiazole rings is 1. The van der Waals surface area contributed by atoms with E-state index in [0.717, 1.165) is 56.3 Å². The number of nitrogens with zero attached hydrogens (tertiary/aromatic N) is 3. The van der Waals surface area contributed by atoms with Crippen LogP contribution in [0, 0.1) is 5.41 Å². The van der Waals surface area contributed by atoms with Crippen LogP contribution in [-0.4, -0.2) is 53.4 Å². The van der Waals surface area contributed by atoms with Crippen molar-refractivity contribution >= 4 is 17.2 Å². The first kappa shape index (κ1) is 20.0. The Balaban J connectivity index is 1.56. The number of carbonyl (C=O) groups excluding carboxylic acids is 1. The minimum atomic E-state index is -0.387. The molecule has 0 atom stereocenters. The molecule has 1 saturated heterocycles. The Bertz CT molecular complexity index is 725. The van der Waals surface area contributed by atoms with Crippen LogP contribution in [0.5, 0.6) is 0 Å². The molecule has 1 amide bonds. The standard InChI is InChI=1S/C21H30N4OS/c1-3-21(4-2,16-22)20(26)25-12-10-24(11-13-25)14-18-15-27-19(23-18)17-8-6-5-7-9-17/h5-9,15H,3-4,10-14,16,22H2,1-2H3. The molecular weight excluding hydrogens is 356 g/mol. The lowest BCUT2D eigenvalue weighted by Gasteiger charge is -2.40. The molecular formula is C21H30N4OS. The predicted molar refractivity (Wildman–Crippen MR) is 111 cm³/mol. The van der Waals surface area contributed by atoms with E-state index in [1.165, 1.54) is 5.56 Å². The average molecular weight is 387 g/mol. The van der Waals surface area contributed by atoms with Gasteiger partial charge in [-0.3, -0.25) is 9.69 Å². The second kappa shape index (κ2) is 8.95. The Hall–Kier alpha value is -1.76. The number of nitrogens with two attached hydrogens (primary N) is 1. The van der Waals surface area contributed by atoms with E-state index in [2.05, 4.69) is 36.3 Å². The monoisotopic (exact) mass is 386 g/mol. The molecule has 3 rings (SSSR count). The Kier molecular flexibility index (Phi) is 6.63. The van der Waals surface area contributed by atoms with Gasteiger partial charge in [0.05, 0.1) is 11.1 Å². The molecule has 1 fully saturated rings. The largest absolute Gasteiger partial charge is 0.340 e. The molecule has 27 heavy (non-hydrogen) atoms. The number of rotatable bonds is 7. The van der Waals surface area contributed by atoms with E-state index in [4.69, 9.17) is 10.7 Å². The van der Waals surface area contributed by atoms with Gasteiger partial charge in [0.25, 0.3) is 0 Å². The van der Waals surface area contributed by atoms with Gasteiger partial charge in [0.1, 0.15) is 5.01 Å². The van der Waals surface area contributed by atoms with Gasteiger partial charge in [-0.2, -0.15) is 0 Å². The van der Waals surface area contributed by atoms with E-state index < -0.39 is 0 Å². The average Bonchev–Trinajstić information content (AvgIpc) is 3.19. The van der Waals surface area contributed by atoms with Crippen molar-refractivity contribution in [3.8, 4) is 10.6 Å². The Morgan fingerprint density at radius 1 is 1.15 bits per heavy atom. The van der Waals surface area contributed by atoms with Gasteiger partial charge >= 0.3 is 0 Å². The van der Waals surface area contributed by atoms with Crippen molar-refractivity contribution < 1.29 is 4.79 Å². The fraction of sp³-hybridized carbons (Fsp3) is 0.524. The summed E-state index contributed by atoms with van der Waals surface area (Å²) < 4.78 is 0. The molecule has 0 aliphatic carbocycles. The molecule has 0 bridgehead atoms. The molecule has 2 heterocycles. The van der Waals surface area contributed by atoms with E-state index >= 15 is 0 Å². The molecule has 1 aliphatic rings. The summed E-state index contributed by atoms with van der Waals surface area (Å²) in [5, 5.41) is 3.21. The van der Waals surface area contributed by atoms with Crippen molar-refractivity contribution in [1.29, 1.82) is 0 Å². The number of piperazine rings is 1. The topological polar surface area (TPSA) is 62.5 Å². The Morgan fingerprint density at radius 3 is 2.41 bits per heavy atom. The summed E-state index contributed by atoms with van der Waals surface area (Å²) >= 11 is 1.69. The fourth-order valence-corrected chi connectivity index (χ4v) is 4.51. The Labute approximate surface area is 166 Å². The maximum atomic E-state index is 13.0. The normalized spacial score (nSPS) is 15.9. The molecule has 1 aromatic carbocycles. The van der Waals surface area contributed by atoms with Crippen LogP contribution < -0.4 is 5.73 Å². The van der Waals surface area contributed by atoms with Gasteiger partial charge in [0.15, 0.2) is 0 Å². The maximum Gasteiger partial charge on any atom is 0.230 e. The van der Waals surface area contributed by atoms with Crippen molar-refractivity contribution in [2.24, 2.45) is 11.1 Å². The predicted octanol–water partition coefficient (Wildman–Crippen LogP) is 3.22. The summed E-state index contributed by atoms with van der Waals surface area (Å²) in [6.45, 7) is 8.73. The van der Waals surface area contributed by atoms with Gasteiger partial charge in [-0.25, -0.2) is 4.98 Å². The first-order valence-electron chi connectivity index (χ1n) is 9.83. The number of aromatic nitrogens is 1. The molecule has 0 saturated carbocycles. The van der Waals surface area contributed by atoms with Crippen LogP contribution in [0.4, 0.5) is 0 Å². The van der Waals surface area contributed by atoms with Gasteiger partial charge < -0.3 is 10.6 Å². The summed E-state index contributed by atoms with van der Waals surface area (Å²) in [5.41, 5.74) is 7.84. The second-order valence-electron chi connectivity index (χ2n) is 7.27. The van der Waals surface area contributed by atoms with Gasteiger partial charge in [-0.1, -0.05) is 44.2 Å². The summed E-state index contributed by atoms with van der Waals surface area (Å²) in [4.78, 5) is 22.1. The van der Waals surface area contributed by atoms with Crippen LogP contribution in [0.15, 0.2) is 35.7 Å². The molecule has 1 aromatic heterocycles. The zero-order valence-electron chi connectivity index (χ0n) is 16.4. The van der Waals surface area contributed by atoms with E-state index in [9.17, 15) is 4.79 Å². The molecule has 2 N–H and O–H groups in total. The molecule has 0 unspecified atom stereocenters. The summed E-state index contributed by atoms with van der Waals surface area (Å²) in [7, 11) is 0. The number of hydrogen-bond acceptors (Lipinski definition) is 5. The molecule has 2 aromatic rings. The number of hydrogen-bond donors (Lipinski definition) is 1. The van der Waals surface area contributed by atoms with E-state index in [1.54, 1.807) is 11.3 Å². The summed E-state index contributed by atoms with van der Waals surface area (Å²) in [5.74, 6) is 0.231. The highest BCUT2D eigenvalue weighted by Gasteiger charge is 2.37. The minimum absolute atomic E-state index is 0.231. The molecule has 6 heteroatoms. The Morgan fingerprint density at radius 2 is 1.81 bits per heavy atom. The van der Waals surface area contributed by atoms with Crippen LogP contribution >= 0.6 is 11.3 Å². The lowest BCUT2D eigenvalue weighted by atomic mass is 9.81. The number of carbonyl (C=O) groups is 1. The zero-order valence-corrected chi connectivity index (χ0v) is 17.2. The number of amides is 1. The van der Waals surface area contributed by atoms with Crippen molar-refractivity contribution in [2.75, 3.05) is 32.7 Å². The molecule has 0 spiro atoms. The van der Waals surface area contributed by atoms with Gasteiger partial charge in [0.2, 0.25) is 5.91 Å². The van der Waals surface area contributed by atoms with Gasteiger partial charge in [-0.15, -0.1) is 11.3 Å². The maximum absolute atomic E-state index is 13.0. The summed E-state index contributed by atoms with van der Waals surface area (Å²) in [6, 6.07) is 10.3. The van der Waals surface area contributed by atoms with Crippen molar-refractivity contribution in [2.45, 2.75) is 33.2 Å². The van der Waals surface area contributed by atoms with E-state index in [1.807, 2.05) is 23.1 Å². The number of benzene rings is 1. The third kappa shape index (κ3) is 4.39. The highest BCUT2D eigenvalue weighted by atomic mass is 32.1. The quantitative estimate of drug-likeness (QED) is 0.794. The van der Waals surface area contributed by atoms with Crippen LogP contribution in [0.2, 0.25) is 0 Å². The molecule has 146 valence electrons. The lowest BCUT2D eigenvalue weighted by Crippen LogP contribution is -2.54. The van der Waals surface area contributed by atoms with Crippen molar-refractivity contribution in [1.82, 2.24) is 14.8 Å². The van der Waals surface area contributed by atoms with Gasteiger partial charge in [-0.05, 0) is 12.8 Å². The highest BCUT2D eigenvalue weighted by Crippen LogP contribution is 2.29. The lowest BCUT2D eigenvalue weighted by molar-refractivity contribution is -0.144. The van der Waals surface area contributed by atoms with Gasteiger partial charge in [0, 0.05) is 50.2 Å². The third-order valence-corrected chi connectivity index (χ3v) is 6.76. The van der Waals surface area contributed by atoms with Crippen LogP contribution in [0.3, 0.4) is 0 Å². The van der Waals surface area contributed by atoms with Crippen molar-refractivity contribution in [3.63, 3.8) is 0 Å².